The number of carbonyl (C=O) groups is 1. The minimum atomic E-state index is -0.219. The maximum absolute atomic E-state index is 13.5. The van der Waals surface area contributed by atoms with Gasteiger partial charge in [-0.15, -0.1) is 0 Å². The molecule has 6 heteroatoms. The first-order valence-electron chi connectivity index (χ1n) is 9.15. The van der Waals surface area contributed by atoms with Crippen molar-refractivity contribution in [2.45, 2.75) is 13.5 Å². The highest BCUT2D eigenvalue weighted by atomic mass is 16.5. The second-order valence-corrected chi connectivity index (χ2v) is 6.48. The fourth-order valence-electron chi connectivity index (χ4n) is 3.01. The number of ether oxygens (including phenoxy) is 3. The summed E-state index contributed by atoms with van der Waals surface area (Å²) < 4.78 is 16.1. The predicted octanol–water partition coefficient (Wildman–Crippen LogP) is 4.26. The molecule has 0 bridgehead atoms. The van der Waals surface area contributed by atoms with Crippen LogP contribution in [0.3, 0.4) is 0 Å². The van der Waals surface area contributed by atoms with Crippen LogP contribution in [0.15, 0.2) is 60.8 Å². The lowest BCUT2D eigenvalue weighted by Gasteiger charge is -2.23. The van der Waals surface area contributed by atoms with Crippen LogP contribution in [0.4, 0.5) is 5.82 Å². The van der Waals surface area contributed by atoms with Crippen LogP contribution in [0.1, 0.15) is 21.5 Å². The largest absolute Gasteiger partial charge is 0.493 e. The highest BCUT2D eigenvalue weighted by molar-refractivity contribution is 6.06. The number of hydrogen-bond acceptors (Lipinski definition) is 5. The third-order valence-electron chi connectivity index (χ3n) is 4.54. The Kier molecular flexibility index (Phi) is 6.34. The van der Waals surface area contributed by atoms with Crippen LogP contribution in [0.2, 0.25) is 0 Å². The van der Waals surface area contributed by atoms with Crippen LogP contribution in [-0.2, 0) is 6.54 Å². The molecule has 1 amide bonds. The monoisotopic (exact) mass is 392 g/mol. The molecular weight excluding hydrogens is 368 g/mol. The van der Waals surface area contributed by atoms with E-state index in [4.69, 9.17) is 14.2 Å². The maximum atomic E-state index is 13.5. The smallest absolute Gasteiger partial charge is 0.260 e. The van der Waals surface area contributed by atoms with E-state index in [9.17, 15) is 4.79 Å². The van der Waals surface area contributed by atoms with E-state index < -0.39 is 0 Å². The standard InChI is InChI=1S/C23H24N2O4/c1-16-8-10-17(11-9-16)15-25(21-7-5-6-12-24-21)23(26)18-13-19(27-2)22(29-4)20(14-18)28-3/h5-14H,15H2,1-4H3. The van der Waals surface area contributed by atoms with Crippen molar-refractivity contribution in [2.75, 3.05) is 26.2 Å². The Morgan fingerprint density at radius 2 is 1.59 bits per heavy atom. The molecule has 2 aromatic carbocycles. The van der Waals surface area contributed by atoms with Gasteiger partial charge in [-0.2, -0.15) is 0 Å². The molecular formula is C23H24N2O4. The van der Waals surface area contributed by atoms with Crippen LogP contribution < -0.4 is 19.1 Å². The first-order valence-corrected chi connectivity index (χ1v) is 9.15. The second kappa shape index (κ2) is 9.10. The number of hydrogen-bond donors (Lipinski definition) is 0. The molecule has 0 aliphatic rings. The van der Waals surface area contributed by atoms with Crippen LogP contribution >= 0.6 is 0 Å². The van der Waals surface area contributed by atoms with Gasteiger partial charge >= 0.3 is 0 Å². The molecule has 0 atom stereocenters. The molecule has 150 valence electrons. The van der Waals surface area contributed by atoms with E-state index in [0.717, 1.165) is 11.1 Å². The lowest BCUT2D eigenvalue weighted by atomic mass is 10.1. The summed E-state index contributed by atoms with van der Waals surface area (Å²) in [6.45, 7) is 2.41. The lowest BCUT2D eigenvalue weighted by Crippen LogP contribution is -2.31. The van der Waals surface area contributed by atoms with E-state index in [1.54, 1.807) is 23.2 Å². The molecule has 3 rings (SSSR count). The number of amides is 1. The SMILES string of the molecule is COc1cc(C(=O)N(Cc2ccc(C)cc2)c2ccccn2)cc(OC)c1OC. The molecule has 0 aliphatic heterocycles. The quantitative estimate of drug-likeness (QED) is 0.601. The normalized spacial score (nSPS) is 10.3. The van der Waals surface area contributed by atoms with Crippen LogP contribution in [-0.4, -0.2) is 32.2 Å². The van der Waals surface area contributed by atoms with E-state index in [0.29, 0.717) is 35.2 Å². The zero-order valence-electron chi connectivity index (χ0n) is 17.0. The van der Waals surface area contributed by atoms with Crippen molar-refractivity contribution < 1.29 is 19.0 Å². The molecule has 0 spiro atoms. The molecule has 1 aromatic heterocycles. The van der Waals surface area contributed by atoms with E-state index in [2.05, 4.69) is 4.98 Å². The number of benzene rings is 2. The highest BCUT2D eigenvalue weighted by Gasteiger charge is 2.23. The number of carbonyl (C=O) groups excluding carboxylic acids is 1. The van der Waals surface area contributed by atoms with Gasteiger partial charge in [0.2, 0.25) is 5.75 Å². The van der Waals surface area contributed by atoms with Crippen molar-refractivity contribution in [3.8, 4) is 17.2 Å². The molecule has 0 aliphatic carbocycles. The van der Waals surface area contributed by atoms with Crippen LogP contribution in [0.25, 0.3) is 0 Å². The fourth-order valence-corrected chi connectivity index (χ4v) is 3.01. The third kappa shape index (κ3) is 4.48. The first kappa shape index (κ1) is 20.2. The van der Waals surface area contributed by atoms with Gasteiger partial charge in [0.15, 0.2) is 11.5 Å². The molecule has 6 nitrogen and oxygen atoms in total. The molecule has 0 saturated heterocycles. The highest BCUT2D eigenvalue weighted by Crippen LogP contribution is 2.38. The minimum absolute atomic E-state index is 0.219. The molecule has 0 radical (unpaired) electrons. The van der Waals surface area contributed by atoms with Gasteiger partial charge in [-0.1, -0.05) is 35.9 Å². The fraction of sp³-hybridized carbons (Fsp3) is 0.217. The second-order valence-electron chi connectivity index (χ2n) is 6.48. The van der Waals surface area contributed by atoms with Crippen molar-refractivity contribution in [1.82, 2.24) is 4.98 Å². The summed E-state index contributed by atoms with van der Waals surface area (Å²) in [4.78, 5) is 19.5. The van der Waals surface area contributed by atoms with Gasteiger partial charge in [-0.25, -0.2) is 4.98 Å². The van der Waals surface area contributed by atoms with Gasteiger partial charge < -0.3 is 14.2 Å². The molecule has 0 N–H and O–H groups in total. The van der Waals surface area contributed by atoms with Gasteiger partial charge in [-0.05, 0) is 36.8 Å². The Hall–Kier alpha value is -3.54. The average molecular weight is 392 g/mol. The van der Waals surface area contributed by atoms with Crippen LogP contribution in [0.5, 0.6) is 17.2 Å². The summed E-state index contributed by atoms with van der Waals surface area (Å²) in [7, 11) is 4.57. The van der Waals surface area contributed by atoms with Gasteiger partial charge in [0.25, 0.3) is 5.91 Å². The first-order chi connectivity index (χ1) is 14.1. The Morgan fingerprint density at radius 3 is 2.10 bits per heavy atom. The van der Waals surface area contributed by atoms with Gasteiger partial charge in [0.05, 0.1) is 27.9 Å². The summed E-state index contributed by atoms with van der Waals surface area (Å²) >= 11 is 0. The average Bonchev–Trinajstić information content (AvgIpc) is 2.77. The molecule has 1 heterocycles. The minimum Gasteiger partial charge on any atom is -0.493 e. The Labute approximate surface area is 170 Å². The predicted molar refractivity (Wildman–Crippen MR) is 112 cm³/mol. The summed E-state index contributed by atoms with van der Waals surface area (Å²) in [5.41, 5.74) is 2.58. The Morgan fingerprint density at radius 1 is 0.931 bits per heavy atom. The molecule has 0 saturated carbocycles. The lowest BCUT2D eigenvalue weighted by molar-refractivity contribution is 0.0983. The van der Waals surface area contributed by atoms with Gasteiger partial charge in [-0.3, -0.25) is 9.69 Å². The number of methoxy groups -OCH3 is 3. The number of anilines is 1. The molecule has 29 heavy (non-hydrogen) atoms. The topological polar surface area (TPSA) is 60.9 Å². The zero-order valence-corrected chi connectivity index (χ0v) is 17.0. The summed E-state index contributed by atoms with van der Waals surface area (Å²) in [6.07, 6.45) is 1.67. The number of aromatic nitrogens is 1. The number of nitrogens with zero attached hydrogens (tertiary/aromatic N) is 2. The summed E-state index contributed by atoms with van der Waals surface area (Å²) in [5, 5.41) is 0. The Bertz CT molecular complexity index is 947. The molecule has 3 aromatic rings. The number of aryl methyl sites for hydroxylation is 1. The maximum Gasteiger partial charge on any atom is 0.260 e. The zero-order chi connectivity index (χ0) is 20.8. The van der Waals surface area contributed by atoms with Crippen molar-refractivity contribution in [2.24, 2.45) is 0 Å². The van der Waals surface area contributed by atoms with Crippen LogP contribution in [0, 0.1) is 6.92 Å². The third-order valence-corrected chi connectivity index (χ3v) is 4.54. The summed E-state index contributed by atoms with van der Waals surface area (Å²) in [5.74, 6) is 1.63. The van der Waals surface area contributed by atoms with Crippen molar-refractivity contribution in [3.63, 3.8) is 0 Å². The number of pyridine rings is 1. The Balaban J connectivity index is 2.03. The van der Waals surface area contributed by atoms with Crippen molar-refractivity contribution in [3.05, 3.63) is 77.5 Å². The van der Waals surface area contributed by atoms with E-state index in [-0.39, 0.29) is 5.91 Å². The van der Waals surface area contributed by atoms with E-state index in [1.807, 2.05) is 49.4 Å². The van der Waals surface area contributed by atoms with Crippen molar-refractivity contribution in [1.29, 1.82) is 0 Å². The molecule has 0 unspecified atom stereocenters. The summed E-state index contributed by atoms with van der Waals surface area (Å²) in [6, 6.07) is 16.8. The van der Waals surface area contributed by atoms with Gasteiger partial charge in [0.1, 0.15) is 5.82 Å². The van der Waals surface area contributed by atoms with Crippen molar-refractivity contribution >= 4 is 11.7 Å². The van der Waals surface area contributed by atoms with E-state index >= 15 is 0 Å². The molecule has 0 fully saturated rings. The number of rotatable bonds is 7. The van der Waals surface area contributed by atoms with Gasteiger partial charge in [0, 0.05) is 11.8 Å². The van der Waals surface area contributed by atoms with E-state index in [1.165, 1.54) is 21.3 Å².